The zero-order chi connectivity index (χ0) is 21.6. The normalized spacial score (nSPS) is 16.2. The maximum absolute atomic E-state index is 13.2. The molecular weight excluding hydrogens is 416 g/mol. The Hall–Kier alpha value is -3.23. The van der Waals surface area contributed by atoms with Crippen molar-refractivity contribution in [2.75, 3.05) is 6.79 Å². The molecule has 0 radical (unpaired) electrons. The topological polar surface area (TPSA) is 109 Å². The summed E-state index contributed by atoms with van der Waals surface area (Å²) in [5.41, 5.74) is 2.55. The third-order valence-electron chi connectivity index (χ3n) is 5.84. The van der Waals surface area contributed by atoms with Crippen LogP contribution in [0.25, 0.3) is 11.3 Å². The number of sulfonamides is 1. The molecule has 162 valence electrons. The number of rotatable bonds is 6. The summed E-state index contributed by atoms with van der Waals surface area (Å²) in [7, 11) is -3.75. The first-order valence-corrected chi connectivity index (χ1v) is 11.4. The molecule has 2 aromatic carbocycles. The number of carbonyl (C=O) groups excluding carboxylic acids is 1. The Morgan fingerprint density at radius 3 is 2.48 bits per heavy atom. The van der Waals surface area contributed by atoms with Crippen LogP contribution in [0, 0.1) is 0 Å². The molecule has 0 spiro atoms. The van der Waals surface area contributed by atoms with Gasteiger partial charge in [-0.05, 0) is 54.8 Å². The van der Waals surface area contributed by atoms with E-state index in [2.05, 4.69) is 4.98 Å². The molecule has 5 rings (SSSR count). The highest BCUT2D eigenvalue weighted by Gasteiger charge is 2.50. The molecule has 2 heterocycles. The zero-order valence-electron chi connectivity index (χ0n) is 16.6. The van der Waals surface area contributed by atoms with Gasteiger partial charge in [0.2, 0.25) is 16.8 Å². The Bertz CT molecular complexity index is 1290. The molecule has 2 N–H and O–H groups in total. The van der Waals surface area contributed by atoms with Gasteiger partial charge in [-0.3, -0.25) is 9.78 Å². The molecule has 1 saturated carbocycles. The number of nitrogens with zero attached hydrogens (tertiary/aromatic N) is 1. The van der Waals surface area contributed by atoms with Crippen molar-refractivity contribution >= 4 is 15.8 Å². The summed E-state index contributed by atoms with van der Waals surface area (Å²) in [5, 5.41) is 5.15. The summed E-state index contributed by atoms with van der Waals surface area (Å²) in [4.78, 5) is 17.9. The number of nitrogens with two attached hydrogens (primary N) is 1. The summed E-state index contributed by atoms with van der Waals surface area (Å²) < 4.78 is 33.7. The molecule has 0 bridgehead atoms. The van der Waals surface area contributed by atoms with Gasteiger partial charge in [-0.15, -0.1) is 0 Å². The average Bonchev–Trinajstić information content (AvgIpc) is 3.44. The predicted molar refractivity (Wildman–Crippen MR) is 117 cm³/mol. The number of hydrogen-bond acceptors (Lipinski definition) is 6. The van der Waals surface area contributed by atoms with Crippen molar-refractivity contribution in [3.63, 3.8) is 0 Å². The van der Waals surface area contributed by atoms with Crippen LogP contribution < -0.4 is 14.6 Å². The molecule has 0 saturated heterocycles. The average molecular weight is 441 g/mol. The van der Waals surface area contributed by atoms with Gasteiger partial charge in [-0.25, -0.2) is 13.6 Å². The maximum atomic E-state index is 13.2. The number of carbonyl (C=O) groups is 1. The van der Waals surface area contributed by atoms with E-state index in [1.807, 2.05) is 36.4 Å². The summed E-state index contributed by atoms with van der Waals surface area (Å²) in [6, 6.07) is 17.4. The molecule has 1 aliphatic heterocycles. The molecule has 2 aliphatic rings. The monoisotopic (exact) mass is 440 g/mol. The molecule has 1 fully saturated rings. The van der Waals surface area contributed by atoms with Crippen LogP contribution in [0.15, 0.2) is 65.6 Å². The van der Waals surface area contributed by atoms with Crippen LogP contribution in [0.3, 0.4) is 0 Å². The quantitative estimate of drug-likeness (QED) is 0.629. The molecule has 8 heteroatoms. The van der Waals surface area contributed by atoms with Crippen LogP contribution in [-0.2, 0) is 26.7 Å². The van der Waals surface area contributed by atoms with Crippen molar-refractivity contribution in [3.8, 4) is 22.8 Å². The van der Waals surface area contributed by atoms with Crippen molar-refractivity contribution in [2.24, 2.45) is 5.14 Å². The van der Waals surface area contributed by atoms with E-state index < -0.39 is 15.4 Å². The van der Waals surface area contributed by atoms with E-state index >= 15 is 0 Å². The fourth-order valence-corrected chi connectivity index (χ4v) is 4.45. The van der Waals surface area contributed by atoms with Gasteiger partial charge in [0, 0.05) is 20.5 Å². The van der Waals surface area contributed by atoms with Gasteiger partial charge in [0.1, 0.15) is 5.78 Å². The summed E-state index contributed by atoms with van der Waals surface area (Å²) in [6.07, 6.45) is 1.83. The van der Waals surface area contributed by atoms with Crippen LogP contribution in [0.1, 0.15) is 27.0 Å². The van der Waals surface area contributed by atoms with Crippen LogP contribution in [0.4, 0.5) is 0 Å². The molecule has 31 heavy (non-hydrogen) atoms. The Morgan fingerprint density at radius 2 is 1.77 bits per heavy atom. The number of ether oxygens (including phenoxy) is 2. The number of benzene rings is 2. The lowest BCUT2D eigenvalue weighted by molar-refractivity contribution is -0.120. The van der Waals surface area contributed by atoms with E-state index in [0.29, 0.717) is 22.9 Å². The molecule has 1 aliphatic carbocycles. The van der Waals surface area contributed by atoms with Gasteiger partial charge >= 0.3 is 0 Å². The lowest BCUT2D eigenvalue weighted by Crippen LogP contribution is -2.23. The molecule has 7 nitrogen and oxygen atoms in total. The maximum Gasteiger partial charge on any atom is 0.238 e. The number of fused-ring (bicyclic) bond motifs is 1. The van der Waals surface area contributed by atoms with Crippen LogP contribution >= 0.6 is 0 Å². The fourth-order valence-electron chi connectivity index (χ4n) is 3.94. The first-order chi connectivity index (χ1) is 14.8. The van der Waals surface area contributed by atoms with Crippen molar-refractivity contribution in [1.82, 2.24) is 4.98 Å². The lowest BCUT2D eigenvalue weighted by atomic mass is 9.88. The van der Waals surface area contributed by atoms with Gasteiger partial charge < -0.3 is 9.47 Å². The highest BCUT2D eigenvalue weighted by Crippen LogP contribution is 2.51. The summed E-state index contributed by atoms with van der Waals surface area (Å²) in [5.74, 6) is 1.51. The molecule has 0 atom stereocenters. The van der Waals surface area contributed by atoms with Gasteiger partial charge in [0.25, 0.3) is 0 Å². The Kier molecular flexibility index (Phi) is 4.56. The van der Waals surface area contributed by atoms with Gasteiger partial charge in [0.05, 0.1) is 16.0 Å². The van der Waals surface area contributed by atoms with E-state index in [4.69, 9.17) is 14.6 Å². The van der Waals surface area contributed by atoms with Crippen molar-refractivity contribution in [3.05, 3.63) is 71.9 Å². The predicted octanol–water partition coefficient (Wildman–Crippen LogP) is 3.46. The third kappa shape index (κ3) is 3.68. The van der Waals surface area contributed by atoms with Crippen molar-refractivity contribution in [2.45, 2.75) is 29.6 Å². The number of Topliss-reactive ketones (excluding diaryl/α,β-unsaturated/α-hetero) is 1. The second kappa shape index (κ2) is 7.18. The van der Waals surface area contributed by atoms with Crippen LogP contribution in [0.5, 0.6) is 11.5 Å². The van der Waals surface area contributed by atoms with E-state index in [0.717, 1.165) is 24.0 Å². The van der Waals surface area contributed by atoms with Gasteiger partial charge in [0.15, 0.2) is 11.5 Å². The number of aromatic nitrogens is 1. The lowest BCUT2D eigenvalue weighted by Gasteiger charge is -2.15. The van der Waals surface area contributed by atoms with Crippen molar-refractivity contribution < 1.29 is 25.5 Å². The number of primary sulfonamides is 1. The molecule has 0 amide bonds. The molecule has 3 aromatic rings. The summed E-state index contributed by atoms with van der Waals surface area (Å²) in [6.45, 7) is 0.203. The fraction of sp³-hybridized carbons (Fsp3) is 0.217. The minimum atomic E-state index is -3.75. The zero-order valence-corrected chi connectivity index (χ0v) is 17.4. The van der Waals surface area contributed by atoms with E-state index in [9.17, 15) is 13.2 Å². The minimum absolute atomic E-state index is 0. The standard InChI is InChI=1S/C23H20N2O5S.2H2/c24-31(27,28)18-7-4-15(5-8-18)19-3-1-2-17(25-19)13-22(26)23(10-11-23)16-6-9-20-21(12-16)30-14-29-20;;/h1-9,12H,10-11,13-14H2,(H2,24,27,28);2*1H. The van der Waals surface area contributed by atoms with Crippen LogP contribution in [-0.4, -0.2) is 26.0 Å². The van der Waals surface area contributed by atoms with Crippen LogP contribution in [0.2, 0.25) is 0 Å². The first kappa shape index (κ1) is 19.7. The minimum Gasteiger partial charge on any atom is -0.454 e. The second-order valence-electron chi connectivity index (χ2n) is 7.83. The number of hydrogen-bond donors (Lipinski definition) is 1. The van der Waals surface area contributed by atoms with Crippen molar-refractivity contribution in [1.29, 1.82) is 0 Å². The van der Waals surface area contributed by atoms with E-state index in [1.54, 1.807) is 12.1 Å². The van der Waals surface area contributed by atoms with E-state index in [-0.39, 0.29) is 26.7 Å². The molecular formula is C23H24N2O5S. The van der Waals surface area contributed by atoms with Gasteiger partial charge in [-0.2, -0.15) is 0 Å². The Labute approximate surface area is 182 Å². The Morgan fingerprint density at radius 1 is 1.03 bits per heavy atom. The second-order valence-corrected chi connectivity index (χ2v) is 9.40. The highest BCUT2D eigenvalue weighted by molar-refractivity contribution is 7.89. The molecule has 1 aromatic heterocycles. The number of ketones is 1. The highest BCUT2D eigenvalue weighted by atomic mass is 32.2. The van der Waals surface area contributed by atoms with E-state index in [1.165, 1.54) is 12.1 Å². The third-order valence-corrected chi connectivity index (χ3v) is 6.77. The Balaban J connectivity index is 0.00000153. The van der Waals surface area contributed by atoms with Gasteiger partial charge in [-0.1, -0.05) is 24.3 Å². The number of pyridine rings is 1. The smallest absolute Gasteiger partial charge is 0.238 e. The summed E-state index contributed by atoms with van der Waals surface area (Å²) >= 11 is 0. The molecule has 0 unspecified atom stereocenters. The largest absolute Gasteiger partial charge is 0.454 e. The first-order valence-electron chi connectivity index (χ1n) is 9.88. The SMILES string of the molecule is NS(=O)(=O)c1ccc(-c2cccc(CC(=O)C3(c4ccc5c(c4)OCO5)CC3)n2)cc1.[HH].[HH].